The maximum Gasteiger partial charge on any atom is 0.243 e. The highest BCUT2D eigenvalue weighted by Crippen LogP contribution is 2.27. The van der Waals surface area contributed by atoms with Gasteiger partial charge in [0.25, 0.3) is 0 Å². The van der Waals surface area contributed by atoms with Crippen molar-refractivity contribution < 1.29 is 8.42 Å². The van der Waals surface area contributed by atoms with Gasteiger partial charge in [-0.3, -0.25) is 9.50 Å². The number of aromatic amines is 1. The van der Waals surface area contributed by atoms with Crippen LogP contribution < -0.4 is 10.6 Å². The second-order valence-electron chi connectivity index (χ2n) is 7.82. The summed E-state index contributed by atoms with van der Waals surface area (Å²) in [5.41, 5.74) is 3.80. The first kappa shape index (κ1) is 20.6. The number of rotatable bonds is 5. The van der Waals surface area contributed by atoms with Gasteiger partial charge < -0.3 is 10.6 Å². The highest BCUT2D eigenvalue weighted by Gasteiger charge is 2.26. The minimum atomic E-state index is -3.57. The van der Waals surface area contributed by atoms with Crippen molar-refractivity contribution in [1.29, 1.82) is 0 Å². The summed E-state index contributed by atoms with van der Waals surface area (Å²) in [5.74, 6) is 1.18. The number of aromatic nitrogens is 5. The molecule has 10 nitrogen and oxygen atoms in total. The Labute approximate surface area is 185 Å². The zero-order chi connectivity index (χ0) is 22.3. The average Bonchev–Trinajstić information content (AvgIpc) is 3.38. The van der Waals surface area contributed by atoms with Gasteiger partial charge in [0.2, 0.25) is 16.0 Å². The van der Waals surface area contributed by atoms with Crippen molar-refractivity contribution in [2.75, 3.05) is 31.5 Å². The van der Waals surface area contributed by atoms with Crippen molar-refractivity contribution in [3.63, 3.8) is 0 Å². The van der Waals surface area contributed by atoms with Gasteiger partial charge in [-0.25, -0.2) is 18.4 Å². The van der Waals surface area contributed by atoms with E-state index in [-0.39, 0.29) is 4.90 Å². The maximum absolute atomic E-state index is 13.1. The van der Waals surface area contributed by atoms with Crippen LogP contribution in [0, 0.1) is 13.8 Å². The lowest BCUT2D eigenvalue weighted by Gasteiger charge is -2.26. The standard InChI is InChI=1S/C21H24N8O2S/c1-14-10-19(27-26-14)25-21-24-18(12-20-23-15(2)13-29(20)21)16-4-3-5-17(11-16)32(30,31)28-8-6-22-7-9-28/h3-5,10-13,22H,6-9H2,1-2H3,(H2,24,25,26,27). The molecule has 32 heavy (non-hydrogen) atoms. The zero-order valence-electron chi connectivity index (χ0n) is 17.8. The van der Waals surface area contributed by atoms with Gasteiger partial charge in [0.15, 0.2) is 5.82 Å². The number of aryl methyl sites for hydroxylation is 2. The van der Waals surface area contributed by atoms with Gasteiger partial charge >= 0.3 is 0 Å². The fourth-order valence-electron chi connectivity index (χ4n) is 3.79. The van der Waals surface area contributed by atoms with Crippen molar-refractivity contribution in [3.8, 4) is 11.3 Å². The number of sulfonamides is 1. The van der Waals surface area contributed by atoms with Gasteiger partial charge in [0.05, 0.1) is 16.3 Å². The van der Waals surface area contributed by atoms with E-state index in [0.29, 0.717) is 54.8 Å². The number of H-pyrrole nitrogens is 1. The number of hydrogen-bond acceptors (Lipinski definition) is 7. The molecule has 1 saturated heterocycles. The van der Waals surface area contributed by atoms with Crippen LogP contribution in [0.5, 0.6) is 0 Å². The molecule has 166 valence electrons. The van der Waals surface area contributed by atoms with Crippen LogP contribution in [0.4, 0.5) is 11.8 Å². The van der Waals surface area contributed by atoms with Gasteiger partial charge in [-0.2, -0.15) is 9.40 Å². The smallest absolute Gasteiger partial charge is 0.243 e. The number of nitrogens with zero attached hydrogens (tertiary/aromatic N) is 5. The molecule has 3 N–H and O–H groups in total. The van der Waals surface area contributed by atoms with Gasteiger partial charge in [-0.05, 0) is 26.0 Å². The molecule has 5 rings (SSSR count). The topological polar surface area (TPSA) is 120 Å². The number of benzene rings is 1. The van der Waals surface area contributed by atoms with Crippen molar-refractivity contribution in [2.24, 2.45) is 0 Å². The van der Waals surface area contributed by atoms with Crippen molar-refractivity contribution in [3.05, 3.63) is 54.0 Å². The summed E-state index contributed by atoms with van der Waals surface area (Å²) in [6.07, 6.45) is 1.89. The fourth-order valence-corrected chi connectivity index (χ4v) is 5.28. The third-order valence-corrected chi connectivity index (χ3v) is 7.26. The van der Waals surface area contributed by atoms with E-state index in [9.17, 15) is 8.42 Å². The molecule has 0 unspecified atom stereocenters. The molecule has 1 aromatic carbocycles. The molecule has 0 spiro atoms. The monoisotopic (exact) mass is 452 g/mol. The summed E-state index contributed by atoms with van der Waals surface area (Å²) in [6, 6.07) is 10.6. The zero-order valence-corrected chi connectivity index (χ0v) is 18.6. The minimum Gasteiger partial charge on any atom is -0.314 e. The first-order valence-corrected chi connectivity index (χ1v) is 11.8. The van der Waals surface area contributed by atoms with Crippen LogP contribution in [-0.4, -0.2) is 63.5 Å². The summed E-state index contributed by atoms with van der Waals surface area (Å²) >= 11 is 0. The number of nitrogens with one attached hydrogen (secondary N) is 3. The molecule has 1 fully saturated rings. The van der Waals surface area contributed by atoms with Gasteiger partial charge in [0.1, 0.15) is 5.65 Å². The Balaban J connectivity index is 1.57. The molecule has 0 bridgehead atoms. The van der Waals surface area contributed by atoms with Gasteiger partial charge in [0, 0.05) is 55.8 Å². The molecule has 1 aliphatic rings. The molecule has 4 aromatic rings. The molecule has 0 aliphatic carbocycles. The van der Waals surface area contributed by atoms with E-state index in [4.69, 9.17) is 4.98 Å². The fraction of sp³-hybridized carbons (Fsp3) is 0.286. The molecule has 0 amide bonds. The Morgan fingerprint density at radius 2 is 1.88 bits per heavy atom. The molecule has 0 atom stereocenters. The Kier molecular flexibility index (Phi) is 5.16. The third kappa shape index (κ3) is 3.85. The summed E-state index contributed by atoms with van der Waals surface area (Å²) in [4.78, 5) is 9.60. The summed E-state index contributed by atoms with van der Waals surface area (Å²) in [7, 11) is -3.57. The van der Waals surface area contributed by atoms with E-state index in [1.54, 1.807) is 18.2 Å². The molecular weight excluding hydrogens is 428 g/mol. The van der Waals surface area contributed by atoms with Crippen LogP contribution in [-0.2, 0) is 10.0 Å². The maximum atomic E-state index is 13.1. The molecule has 4 heterocycles. The number of hydrogen-bond donors (Lipinski definition) is 3. The number of anilines is 2. The first-order valence-electron chi connectivity index (χ1n) is 10.4. The van der Waals surface area contributed by atoms with Gasteiger partial charge in [-0.1, -0.05) is 12.1 Å². The molecule has 0 saturated carbocycles. The normalized spacial score (nSPS) is 15.3. The number of fused-ring (bicyclic) bond motifs is 1. The summed E-state index contributed by atoms with van der Waals surface area (Å²) in [6.45, 7) is 6.05. The third-order valence-electron chi connectivity index (χ3n) is 5.36. The molecule has 1 aliphatic heterocycles. The lowest BCUT2D eigenvalue weighted by atomic mass is 10.1. The SMILES string of the molecule is Cc1cn2c(Nc3cc(C)[nH]n3)nc(-c3cccc(S(=O)(=O)N4CCNCC4)c3)cc2n1. The van der Waals surface area contributed by atoms with Crippen LogP contribution >= 0.6 is 0 Å². The largest absolute Gasteiger partial charge is 0.314 e. The van der Waals surface area contributed by atoms with Crippen LogP contribution in [0.1, 0.15) is 11.4 Å². The second kappa shape index (κ2) is 8.01. The number of imidazole rings is 1. The molecule has 11 heteroatoms. The Morgan fingerprint density at radius 1 is 1.06 bits per heavy atom. The Morgan fingerprint density at radius 3 is 2.62 bits per heavy atom. The summed E-state index contributed by atoms with van der Waals surface area (Å²) in [5, 5.41) is 13.5. The predicted molar refractivity (Wildman–Crippen MR) is 121 cm³/mol. The summed E-state index contributed by atoms with van der Waals surface area (Å²) < 4.78 is 29.6. The van der Waals surface area contributed by atoms with E-state index in [1.807, 2.05) is 42.6 Å². The second-order valence-corrected chi connectivity index (χ2v) is 9.76. The van der Waals surface area contributed by atoms with Crippen LogP contribution in [0.25, 0.3) is 16.9 Å². The van der Waals surface area contributed by atoms with Crippen molar-refractivity contribution in [1.82, 2.24) is 34.2 Å². The molecule has 0 radical (unpaired) electrons. The quantitative estimate of drug-likeness (QED) is 0.424. The molecular formula is C21H24N8O2S. The molecule has 3 aromatic heterocycles. The van der Waals surface area contributed by atoms with E-state index in [2.05, 4.69) is 25.8 Å². The number of piperazine rings is 1. The lowest BCUT2D eigenvalue weighted by molar-refractivity contribution is 0.360. The van der Waals surface area contributed by atoms with E-state index < -0.39 is 10.0 Å². The minimum absolute atomic E-state index is 0.260. The first-order chi connectivity index (χ1) is 15.4. The van der Waals surface area contributed by atoms with Crippen molar-refractivity contribution in [2.45, 2.75) is 18.7 Å². The van der Waals surface area contributed by atoms with Gasteiger partial charge in [-0.15, -0.1) is 0 Å². The highest BCUT2D eigenvalue weighted by molar-refractivity contribution is 7.89. The Bertz CT molecular complexity index is 1390. The Hall–Kier alpha value is -3.28. The van der Waals surface area contributed by atoms with E-state index in [1.165, 1.54) is 4.31 Å². The van der Waals surface area contributed by atoms with Crippen molar-refractivity contribution >= 4 is 27.4 Å². The highest BCUT2D eigenvalue weighted by atomic mass is 32.2. The van der Waals surface area contributed by atoms with Crippen LogP contribution in [0.2, 0.25) is 0 Å². The van der Waals surface area contributed by atoms with E-state index >= 15 is 0 Å². The van der Waals surface area contributed by atoms with E-state index in [0.717, 1.165) is 11.4 Å². The van der Waals surface area contributed by atoms with Crippen LogP contribution in [0.3, 0.4) is 0 Å². The predicted octanol–water partition coefficient (Wildman–Crippen LogP) is 2.07. The van der Waals surface area contributed by atoms with Crippen LogP contribution in [0.15, 0.2) is 47.5 Å². The lowest BCUT2D eigenvalue weighted by Crippen LogP contribution is -2.46. The average molecular weight is 453 g/mol.